The molecule has 0 bridgehead atoms. The Morgan fingerprint density at radius 1 is 0.276 bits per heavy atom. The van der Waals surface area contributed by atoms with Crippen LogP contribution in [0.2, 0.25) is 0 Å². The highest BCUT2D eigenvalue weighted by molar-refractivity contribution is 5.71. The molecule has 0 saturated heterocycles. The third-order valence-electron chi connectivity index (χ3n) is 13.2. The molecular weight excluding hydrogens is 937 g/mol. The first-order valence-electron chi connectivity index (χ1n) is 31.5. The minimum Gasteiger partial charge on any atom is -0.462 e. The number of unbranched alkanes of at least 4 members (excludes halogenated alkanes) is 25. The van der Waals surface area contributed by atoms with Gasteiger partial charge in [-0.15, -0.1) is 0 Å². The summed E-state index contributed by atoms with van der Waals surface area (Å²) < 4.78 is 16.8. The van der Waals surface area contributed by atoms with Gasteiger partial charge in [0.25, 0.3) is 0 Å². The molecule has 0 saturated carbocycles. The lowest BCUT2D eigenvalue weighted by Gasteiger charge is -2.18. The average molecular weight is 1050 g/mol. The number of rotatable bonds is 56. The first-order chi connectivity index (χ1) is 37.5. The monoisotopic (exact) mass is 1050 g/mol. The maximum absolute atomic E-state index is 12.8. The summed E-state index contributed by atoms with van der Waals surface area (Å²) in [6, 6.07) is 0. The van der Waals surface area contributed by atoms with Crippen LogP contribution >= 0.6 is 0 Å². The topological polar surface area (TPSA) is 78.9 Å². The number of ether oxygens (including phenoxy) is 3. The van der Waals surface area contributed by atoms with E-state index in [1.54, 1.807) is 0 Å². The molecule has 0 aromatic heterocycles. The summed E-state index contributed by atoms with van der Waals surface area (Å²) in [5.41, 5.74) is 0. The molecule has 6 nitrogen and oxygen atoms in total. The molecule has 6 heteroatoms. The van der Waals surface area contributed by atoms with Crippen LogP contribution < -0.4 is 0 Å². The van der Waals surface area contributed by atoms with Crippen LogP contribution in [0.5, 0.6) is 0 Å². The summed E-state index contributed by atoms with van der Waals surface area (Å²) in [7, 11) is 0. The zero-order chi connectivity index (χ0) is 55.0. The Balaban J connectivity index is 4.17. The molecule has 0 aliphatic carbocycles. The van der Waals surface area contributed by atoms with Gasteiger partial charge >= 0.3 is 17.9 Å². The van der Waals surface area contributed by atoms with Crippen molar-refractivity contribution in [2.24, 2.45) is 0 Å². The molecule has 0 aliphatic rings. The molecule has 0 N–H and O–H groups in total. The van der Waals surface area contributed by atoms with E-state index in [1.165, 1.54) is 116 Å². The van der Waals surface area contributed by atoms with E-state index in [9.17, 15) is 14.4 Å². The van der Waals surface area contributed by atoms with Crippen molar-refractivity contribution in [2.45, 2.75) is 290 Å². The predicted octanol–water partition coefficient (Wildman–Crippen LogP) is 21.6. The van der Waals surface area contributed by atoms with Gasteiger partial charge in [-0.3, -0.25) is 14.4 Å². The Hall–Kier alpha value is -4.19. The van der Waals surface area contributed by atoms with Crippen molar-refractivity contribution in [3.05, 3.63) is 122 Å². The van der Waals surface area contributed by atoms with Crippen molar-refractivity contribution < 1.29 is 28.6 Å². The fraction of sp³-hybridized carbons (Fsp3) is 0.671. The Bertz CT molecular complexity index is 1590. The van der Waals surface area contributed by atoms with Crippen LogP contribution in [0.25, 0.3) is 0 Å². The van der Waals surface area contributed by atoms with E-state index in [1.807, 2.05) is 0 Å². The van der Waals surface area contributed by atoms with Gasteiger partial charge in [-0.2, -0.15) is 0 Å². The van der Waals surface area contributed by atoms with Crippen molar-refractivity contribution in [2.75, 3.05) is 13.2 Å². The highest BCUT2D eigenvalue weighted by atomic mass is 16.6. The summed E-state index contributed by atoms with van der Waals surface area (Å²) in [4.78, 5) is 38.1. The lowest BCUT2D eigenvalue weighted by molar-refractivity contribution is -0.167. The van der Waals surface area contributed by atoms with E-state index in [-0.39, 0.29) is 37.5 Å². The van der Waals surface area contributed by atoms with Crippen molar-refractivity contribution in [3.8, 4) is 0 Å². The summed E-state index contributed by atoms with van der Waals surface area (Å²) in [5.74, 6) is -0.931. The molecule has 0 heterocycles. The molecule has 1 atom stereocenters. The van der Waals surface area contributed by atoms with Crippen LogP contribution in [-0.4, -0.2) is 37.2 Å². The smallest absolute Gasteiger partial charge is 0.306 e. The summed E-state index contributed by atoms with van der Waals surface area (Å²) in [6.45, 7) is 6.36. The van der Waals surface area contributed by atoms with Crippen molar-refractivity contribution in [1.82, 2.24) is 0 Å². The van der Waals surface area contributed by atoms with Gasteiger partial charge in [-0.25, -0.2) is 0 Å². The third-order valence-corrected chi connectivity index (χ3v) is 13.2. The first kappa shape index (κ1) is 71.8. The summed E-state index contributed by atoms with van der Waals surface area (Å²) in [5, 5.41) is 0. The molecule has 0 rings (SSSR count). The number of esters is 3. The van der Waals surface area contributed by atoms with Crippen molar-refractivity contribution >= 4 is 17.9 Å². The van der Waals surface area contributed by atoms with Gasteiger partial charge in [-0.1, -0.05) is 258 Å². The fourth-order valence-electron chi connectivity index (χ4n) is 8.51. The molecule has 0 amide bonds. The van der Waals surface area contributed by atoms with E-state index >= 15 is 0 Å². The van der Waals surface area contributed by atoms with E-state index < -0.39 is 6.10 Å². The number of carbonyl (C=O) groups is 3. The lowest BCUT2D eigenvalue weighted by atomic mass is 10.0. The minimum absolute atomic E-state index is 0.0932. The Kier molecular flexibility index (Phi) is 59.9. The van der Waals surface area contributed by atoms with Gasteiger partial charge < -0.3 is 14.2 Å². The van der Waals surface area contributed by atoms with Gasteiger partial charge in [-0.05, 0) is 128 Å². The standard InChI is InChI=1S/C70H116O6/c1-4-7-10-13-16-19-22-25-26-27-28-29-30-31-32-33-34-35-36-37-38-39-40-41-42-43-44-46-48-51-54-57-60-63-69(72)75-66-67(65-74-68(71)62-59-56-53-50-47-24-21-18-15-12-9-6-3)76-70(73)64-61-58-55-52-49-45-23-20-17-14-11-8-5-2/h7-8,10-11,16-21,25-26,28-29,31-32,34-35,45,49,67H,4-6,9,12-15,22-24,27,30,33,36-44,46-48,50-66H2,1-3H3/b10-7-,11-8-,19-16-,20-17-,21-18-,26-25-,29-28-,32-31-,35-34-,49-45-. The molecule has 0 spiro atoms. The molecule has 0 aliphatic heterocycles. The second-order valence-electron chi connectivity index (χ2n) is 20.5. The van der Waals surface area contributed by atoms with Crippen LogP contribution in [0.1, 0.15) is 284 Å². The maximum atomic E-state index is 12.8. The zero-order valence-electron chi connectivity index (χ0n) is 49.5. The number of hydrogen-bond donors (Lipinski definition) is 0. The van der Waals surface area contributed by atoms with Crippen LogP contribution in [0, 0.1) is 0 Å². The molecular formula is C70H116O6. The summed E-state index contributed by atoms with van der Waals surface area (Å²) in [6.07, 6.45) is 87.9. The van der Waals surface area contributed by atoms with Crippen LogP contribution in [0.3, 0.4) is 0 Å². The SMILES string of the molecule is CC/C=C\C/C=C\C/C=C\C/C=C\C/C=C\C/C=C\CCCCCCCCCCCCCCCCC(=O)OCC(COC(=O)CCCCCCC/C=C\CCCCC)OC(=O)CCCCC/C=C\C/C=C\C/C=C\CC. The molecule has 0 radical (unpaired) electrons. The lowest BCUT2D eigenvalue weighted by Crippen LogP contribution is -2.30. The van der Waals surface area contributed by atoms with Crippen LogP contribution in [0.4, 0.5) is 0 Å². The Morgan fingerprint density at radius 2 is 0.513 bits per heavy atom. The number of carbonyl (C=O) groups excluding carboxylic acids is 3. The quantitative estimate of drug-likeness (QED) is 0.0261. The molecule has 76 heavy (non-hydrogen) atoms. The second-order valence-corrected chi connectivity index (χ2v) is 20.5. The maximum Gasteiger partial charge on any atom is 0.306 e. The van der Waals surface area contributed by atoms with Crippen molar-refractivity contribution in [3.63, 3.8) is 0 Å². The van der Waals surface area contributed by atoms with Crippen molar-refractivity contribution in [1.29, 1.82) is 0 Å². The normalized spacial score (nSPS) is 12.9. The highest BCUT2D eigenvalue weighted by Gasteiger charge is 2.19. The highest BCUT2D eigenvalue weighted by Crippen LogP contribution is 2.16. The van der Waals surface area contributed by atoms with Crippen LogP contribution in [0.15, 0.2) is 122 Å². The number of hydrogen-bond acceptors (Lipinski definition) is 6. The third kappa shape index (κ3) is 60.7. The Morgan fingerprint density at radius 3 is 0.829 bits per heavy atom. The molecule has 0 fully saturated rings. The van der Waals surface area contributed by atoms with E-state index in [2.05, 4.69) is 142 Å². The van der Waals surface area contributed by atoms with Gasteiger partial charge in [0.2, 0.25) is 0 Å². The van der Waals surface area contributed by atoms with Gasteiger partial charge in [0.1, 0.15) is 13.2 Å². The van der Waals surface area contributed by atoms with Gasteiger partial charge in [0.15, 0.2) is 6.10 Å². The van der Waals surface area contributed by atoms with Crippen LogP contribution in [-0.2, 0) is 28.6 Å². The average Bonchev–Trinajstić information content (AvgIpc) is 3.42. The minimum atomic E-state index is -0.798. The molecule has 0 aromatic rings. The predicted molar refractivity (Wildman–Crippen MR) is 330 cm³/mol. The number of allylic oxidation sites excluding steroid dienone is 20. The zero-order valence-corrected chi connectivity index (χ0v) is 49.5. The largest absolute Gasteiger partial charge is 0.462 e. The fourth-order valence-corrected chi connectivity index (χ4v) is 8.51. The van der Waals surface area contributed by atoms with E-state index in [4.69, 9.17) is 14.2 Å². The first-order valence-corrected chi connectivity index (χ1v) is 31.5. The van der Waals surface area contributed by atoms with E-state index in [0.29, 0.717) is 12.8 Å². The molecule has 1 unspecified atom stereocenters. The van der Waals surface area contributed by atoms with Gasteiger partial charge in [0, 0.05) is 19.3 Å². The van der Waals surface area contributed by atoms with E-state index in [0.717, 1.165) is 128 Å². The van der Waals surface area contributed by atoms with Gasteiger partial charge in [0.05, 0.1) is 0 Å². The summed E-state index contributed by atoms with van der Waals surface area (Å²) >= 11 is 0. The Labute approximate surface area is 469 Å². The molecule has 0 aromatic carbocycles. The second kappa shape index (κ2) is 63.3. The molecule has 432 valence electrons.